The van der Waals surface area contributed by atoms with E-state index in [4.69, 9.17) is 4.74 Å². The molecule has 8 heteroatoms. The van der Waals surface area contributed by atoms with Crippen molar-refractivity contribution < 1.29 is 19.2 Å². The number of nitro groups is 1. The Balaban J connectivity index is 1.80. The van der Waals surface area contributed by atoms with E-state index in [-0.39, 0.29) is 23.4 Å². The molecule has 0 aromatic heterocycles. The number of para-hydroxylation sites is 1. The first-order chi connectivity index (χ1) is 13.0. The predicted octanol–water partition coefficient (Wildman–Crippen LogP) is 4.23. The van der Waals surface area contributed by atoms with E-state index in [1.165, 1.54) is 17.0 Å². The Morgan fingerprint density at radius 1 is 1.19 bits per heavy atom. The number of carbonyl (C=O) groups excluding carboxylic acids is 2. The van der Waals surface area contributed by atoms with E-state index in [9.17, 15) is 19.7 Å². The van der Waals surface area contributed by atoms with Crippen LogP contribution in [0, 0.1) is 10.1 Å². The highest BCUT2D eigenvalue weighted by Gasteiger charge is 2.33. The van der Waals surface area contributed by atoms with Crippen molar-refractivity contribution in [3.8, 4) is 5.75 Å². The third-order valence-corrected chi connectivity index (χ3v) is 4.82. The molecular weight excluding hydrogens is 368 g/mol. The van der Waals surface area contributed by atoms with Crippen LogP contribution in [0.5, 0.6) is 5.75 Å². The third-order valence-electron chi connectivity index (χ3n) is 3.91. The minimum Gasteiger partial charge on any atom is -0.488 e. The summed E-state index contributed by atoms with van der Waals surface area (Å²) in [6.07, 6.45) is 1.63. The van der Waals surface area contributed by atoms with Gasteiger partial charge in [0.2, 0.25) is 0 Å². The maximum absolute atomic E-state index is 12.3. The molecule has 0 unspecified atom stereocenters. The maximum Gasteiger partial charge on any atom is 0.293 e. The van der Waals surface area contributed by atoms with Gasteiger partial charge in [-0.3, -0.25) is 24.6 Å². The fourth-order valence-corrected chi connectivity index (χ4v) is 3.46. The molecule has 3 rings (SSSR count). The van der Waals surface area contributed by atoms with E-state index in [2.05, 4.69) is 0 Å². The van der Waals surface area contributed by atoms with Crippen molar-refractivity contribution in [2.45, 2.75) is 13.5 Å². The van der Waals surface area contributed by atoms with E-state index in [1.54, 1.807) is 49.4 Å². The summed E-state index contributed by atoms with van der Waals surface area (Å²) >= 11 is 0.898. The zero-order chi connectivity index (χ0) is 19.4. The lowest BCUT2D eigenvalue weighted by molar-refractivity contribution is -0.384. The molecule has 2 aromatic rings. The van der Waals surface area contributed by atoms with Crippen LogP contribution in [0.15, 0.2) is 53.4 Å². The summed E-state index contributed by atoms with van der Waals surface area (Å²) in [5.74, 6) is 0.202. The van der Waals surface area contributed by atoms with Crippen LogP contribution in [0.25, 0.3) is 6.08 Å². The zero-order valence-corrected chi connectivity index (χ0v) is 15.3. The predicted molar refractivity (Wildman–Crippen MR) is 102 cm³/mol. The van der Waals surface area contributed by atoms with Gasteiger partial charge in [-0.05, 0) is 36.4 Å². The van der Waals surface area contributed by atoms with Crippen LogP contribution in [0.1, 0.15) is 18.1 Å². The van der Waals surface area contributed by atoms with E-state index in [0.29, 0.717) is 28.3 Å². The molecule has 0 saturated carbocycles. The molecular formula is C19H16N2O5S. The number of thioether (sulfide) groups is 1. The van der Waals surface area contributed by atoms with Gasteiger partial charge in [-0.2, -0.15) is 0 Å². The lowest BCUT2D eigenvalue weighted by Gasteiger charge is -2.10. The van der Waals surface area contributed by atoms with Crippen LogP contribution in [0.4, 0.5) is 10.5 Å². The molecule has 0 atom stereocenters. The van der Waals surface area contributed by atoms with Crippen molar-refractivity contribution in [1.29, 1.82) is 0 Å². The van der Waals surface area contributed by atoms with Crippen molar-refractivity contribution in [1.82, 2.24) is 4.90 Å². The first-order valence-electron chi connectivity index (χ1n) is 8.20. The number of ether oxygens (including phenoxy) is 1. The van der Waals surface area contributed by atoms with Gasteiger partial charge in [0, 0.05) is 24.2 Å². The van der Waals surface area contributed by atoms with E-state index >= 15 is 0 Å². The molecule has 27 heavy (non-hydrogen) atoms. The van der Waals surface area contributed by atoms with Gasteiger partial charge in [0.05, 0.1) is 9.83 Å². The second-order valence-corrected chi connectivity index (χ2v) is 6.67. The molecule has 0 radical (unpaired) electrons. The number of non-ortho nitro benzene ring substituents is 1. The van der Waals surface area contributed by atoms with Gasteiger partial charge in [-0.15, -0.1) is 0 Å². The third kappa shape index (κ3) is 4.17. The van der Waals surface area contributed by atoms with Gasteiger partial charge in [-0.1, -0.05) is 30.3 Å². The van der Waals surface area contributed by atoms with Crippen LogP contribution in [-0.4, -0.2) is 27.5 Å². The zero-order valence-electron chi connectivity index (χ0n) is 14.5. The first-order valence-corrected chi connectivity index (χ1v) is 9.01. The highest BCUT2D eigenvalue weighted by atomic mass is 32.2. The smallest absolute Gasteiger partial charge is 0.293 e. The van der Waals surface area contributed by atoms with Crippen LogP contribution >= 0.6 is 11.8 Å². The molecule has 138 valence electrons. The van der Waals surface area contributed by atoms with E-state index in [1.807, 2.05) is 0 Å². The van der Waals surface area contributed by atoms with E-state index < -0.39 is 4.92 Å². The number of amides is 2. The minimum absolute atomic E-state index is 0.00220. The highest BCUT2D eigenvalue weighted by molar-refractivity contribution is 8.18. The Bertz CT molecular complexity index is 941. The number of nitrogens with zero attached hydrogens (tertiary/aromatic N) is 2. The number of likely N-dealkylation sites (N-methyl/N-ethyl adjacent to an activating group) is 1. The van der Waals surface area contributed by atoms with Crippen molar-refractivity contribution >= 4 is 34.7 Å². The van der Waals surface area contributed by atoms with Gasteiger partial charge in [0.15, 0.2) is 0 Å². The highest BCUT2D eigenvalue weighted by Crippen LogP contribution is 2.33. The molecule has 1 aliphatic rings. The van der Waals surface area contributed by atoms with Gasteiger partial charge in [-0.25, -0.2) is 0 Å². The SMILES string of the molecule is CCN1C(=O)S/C(=C/c2ccccc2OCc2cccc([N+](=O)[O-])c2)C1=O. The van der Waals surface area contributed by atoms with Crippen LogP contribution in [0.2, 0.25) is 0 Å². The molecule has 2 aromatic carbocycles. The second kappa shape index (κ2) is 8.05. The second-order valence-electron chi connectivity index (χ2n) is 5.68. The number of hydrogen-bond acceptors (Lipinski definition) is 6. The molecule has 2 amide bonds. The van der Waals surface area contributed by atoms with Gasteiger partial charge in [0.25, 0.3) is 16.8 Å². The van der Waals surface area contributed by atoms with Crippen molar-refractivity contribution in [2.75, 3.05) is 6.54 Å². The number of carbonyl (C=O) groups is 2. The van der Waals surface area contributed by atoms with E-state index in [0.717, 1.165) is 11.8 Å². The summed E-state index contributed by atoms with van der Waals surface area (Å²) in [7, 11) is 0. The average molecular weight is 384 g/mol. The van der Waals surface area contributed by atoms with Gasteiger partial charge >= 0.3 is 0 Å². The average Bonchev–Trinajstić information content (AvgIpc) is 2.94. The van der Waals surface area contributed by atoms with Crippen molar-refractivity contribution in [2.24, 2.45) is 0 Å². The maximum atomic E-state index is 12.3. The van der Waals surface area contributed by atoms with Gasteiger partial charge in [0.1, 0.15) is 12.4 Å². The Labute approximate surface area is 159 Å². The lowest BCUT2D eigenvalue weighted by atomic mass is 10.1. The Hall–Kier alpha value is -3.13. The molecule has 1 saturated heterocycles. The largest absolute Gasteiger partial charge is 0.488 e. The first kappa shape index (κ1) is 18.7. The quantitative estimate of drug-likeness (QED) is 0.421. The minimum atomic E-state index is -0.457. The van der Waals surface area contributed by atoms with Crippen molar-refractivity contribution in [3.63, 3.8) is 0 Å². The summed E-state index contributed by atoms with van der Waals surface area (Å²) in [5, 5.41) is 10.6. The molecule has 0 aliphatic carbocycles. The number of benzene rings is 2. The topological polar surface area (TPSA) is 89.8 Å². The van der Waals surface area contributed by atoms with Gasteiger partial charge < -0.3 is 4.74 Å². The fraction of sp³-hybridized carbons (Fsp3) is 0.158. The molecule has 1 heterocycles. The van der Waals surface area contributed by atoms with Crippen molar-refractivity contribution in [3.05, 3.63) is 74.7 Å². The molecule has 0 N–H and O–H groups in total. The molecule has 7 nitrogen and oxygen atoms in total. The fourth-order valence-electron chi connectivity index (χ4n) is 2.57. The monoisotopic (exact) mass is 384 g/mol. The number of hydrogen-bond donors (Lipinski definition) is 0. The normalized spacial score (nSPS) is 15.4. The summed E-state index contributed by atoms with van der Waals surface area (Å²) in [6, 6.07) is 13.3. The Kier molecular flexibility index (Phi) is 5.56. The Morgan fingerprint density at radius 2 is 1.96 bits per heavy atom. The molecule has 1 aliphatic heterocycles. The number of imide groups is 1. The van der Waals surface area contributed by atoms with Crippen LogP contribution < -0.4 is 4.74 Å². The van der Waals surface area contributed by atoms with Crippen LogP contribution in [0.3, 0.4) is 0 Å². The Morgan fingerprint density at radius 3 is 2.67 bits per heavy atom. The standard InChI is InChI=1S/C19H16N2O5S/c1-2-20-18(22)17(27-19(20)23)11-14-7-3-4-9-16(14)26-12-13-6-5-8-15(10-13)21(24)25/h3-11H,2,12H2,1H3/b17-11+. The molecule has 0 spiro atoms. The molecule has 0 bridgehead atoms. The summed E-state index contributed by atoms with van der Waals surface area (Å²) in [5.41, 5.74) is 1.31. The lowest BCUT2D eigenvalue weighted by Crippen LogP contribution is -2.27. The summed E-state index contributed by atoms with van der Waals surface area (Å²) in [4.78, 5) is 36.0. The summed E-state index contributed by atoms with van der Waals surface area (Å²) in [6.45, 7) is 2.21. The number of rotatable bonds is 6. The summed E-state index contributed by atoms with van der Waals surface area (Å²) < 4.78 is 5.80. The number of nitro benzene ring substituents is 1. The van der Waals surface area contributed by atoms with Crippen LogP contribution in [-0.2, 0) is 11.4 Å². The molecule has 1 fully saturated rings.